The number of benzene rings is 1. The van der Waals surface area contributed by atoms with Crippen LogP contribution in [0, 0.1) is 0 Å². The van der Waals surface area contributed by atoms with Crippen molar-refractivity contribution in [3.63, 3.8) is 0 Å². The number of nitrogens with zero attached hydrogens (tertiary/aromatic N) is 3. The van der Waals surface area contributed by atoms with E-state index in [0.717, 1.165) is 4.68 Å². The first-order chi connectivity index (χ1) is 9.09. The predicted octanol–water partition coefficient (Wildman–Crippen LogP) is 0.579. The smallest absolute Gasteiger partial charge is 0.333 e. The molecule has 2 rings (SSSR count). The molecule has 0 saturated carbocycles. The summed E-state index contributed by atoms with van der Waals surface area (Å²) in [5, 5.41) is 25.4. The average molecular weight is 261 g/mol. The Labute approximate surface area is 108 Å². The number of carbonyl (C=O) groups is 2. The molecule has 0 radical (unpaired) electrons. The third kappa shape index (κ3) is 2.76. The summed E-state index contributed by atoms with van der Waals surface area (Å²) >= 11 is 0. The van der Waals surface area contributed by atoms with E-state index in [9.17, 15) is 14.7 Å². The highest BCUT2D eigenvalue weighted by Gasteiger charge is 2.25. The molecule has 7 heteroatoms. The van der Waals surface area contributed by atoms with E-state index < -0.39 is 18.0 Å². The first-order valence-corrected chi connectivity index (χ1v) is 5.48. The maximum Gasteiger partial charge on any atom is 0.333 e. The second-order valence-corrected chi connectivity index (χ2v) is 3.89. The number of carboxylic acid groups (broad SMARTS) is 2. The number of rotatable bonds is 5. The van der Waals surface area contributed by atoms with Gasteiger partial charge in [-0.15, -0.1) is 5.10 Å². The fourth-order valence-corrected chi connectivity index (χ4v) is 1.79. The summed E-state index contributed by atoms with van der Waals surface area (Å²) in [6.07, 6.45) is 0.927. The van der Waals surface area contributed by atoms with Gasteiger partial charge in [0.15, 0.2) is 6.04 Å². The number of carboxylic acids is 2. The molecular formula is C12H11N3O4. The lowest BCUT2D eigenvalue weighted by molar-refractivity contribution is -0.140. The monoisotopic (exact) mass is 261 g/mol. The van der Waals surface area contributed by atoms with Crippen molar-refractivity contribution in [1.29, 1.82) is 0 Å². The van der Waals surface area contributed by atoms with Crippen LogP contribution in [0.2, 0.25) is 0 Å². The third-order valence-corrected chi connectivity index (χ3v) is 2.58. The van der Waals surface area contributed by atoms with Crippen LogP contribution in [0.3, 0.4) is 0 Å². The van der Waals surface area contributed by atoms with Crippen LogP contribution in [0.1, 0.15) is 17.3 Å². The average Bonchev–Trinajstić information content (AvgIpc) is 2.78. The Morgan fingerprint density at radius 3 is 2.47 bits per heavy atom. The maximum absolute atomic E-state index is 11.4. The molecular weight excluding hydrogens is 250 g/mol. The van der Waals surface area contributed by atoms with Gasteiger partial charge in [0.05, 0.1) is 18.3 Å². The van der Waals surface area contributed by atoms with Crippen LogP contribution in [-0.4, -0.2) is 37.1 Å². The van der Waals surface area contributed by atoms with E-state index in [2.05, 4.69) is 10.3 Å². The molecule has 0 aliphatic rings. The van der Waals surface area contributed by atoms with E-state index in [4.69, 9.17) is 5.11 Å². The quantitative estimate of drug-likeness (QED) is 0.815. The van der Waals surface area contributed by atoms with E-state index in [1.807, 2.05) is 0 Å². The molecule has 0 saturated heterocycles. The highest BCUT2D eigenvalue weighted by Crippen LogP contribution is 2.19. The highest BCUT2D eigenvalue weighted by molar-refractivity contribution is 5.76. The van der Waals surface area contributed by atoms with Gasteiger partial charge < -0.3 is 10.2 Å². The molecule has 98 valence electrons. The Hall–Kier alpha value is -2.70. The minimum Gasteiger partial charge on any atom is -0.481 e. The van der Waals surface area contributed by atoms with Crippen molar-refractivity contribution in [1.82, 2.24) is 15.0 Å². The molecule has 0 aliphatic heterocycles. The first-order valence-electron chi connectivity index (χ1n) is 5.48. The lowest BCUT2D eigenvalue weighted by Gasteiger charge is -2.14. The molecule has 1 atom stereocenters. The molecule has 0 bridgehead atoms. The Kier molecular flexibility index (Phi) is 3.56. The second kappa shape index (κ2) is 5.30. The maximum atomic E-state index is 11.4. The van der Waals surface area contributed by atoms with Crippen LogP contribution in [0.4, 0.5) is 0 Å². The summed E-state index contributed by atoms with van der Waals surface area (Å²) in [4.78, 5) is 22.1. The van der Waals surface area contributed by atoms with Gasteiger partial charge in [-0.1, -0.05) is 35.5 Å². The van der Waals surface area contributed by atoms with Crippen molar-refractivity contribution in [2.24, 2.45) is 0 Å². The molecule has 1 unspecified atom stereocenters. The number of aliphatic carboxylic acids is 2. The largest absolute Gasteiger partial charge is 0.481 e. The topological polar surface area (TPSA) is 105 Å². The van der Waals surface area contributed by atoms with E-state index in [0.29, 0.717) is 5.56 Å². The lowest BCUT2D eigenvalue weighted by atomic mass is 10.1. The molecule has 1 heterocycles. The van der Waals surface area contributed by atoms with Gasteiger partial charge >= 0.3 is 11.9 Å². The molecule has 0 fully saturated rings. The Morgan fingerprint density at radius 2 is 1.89 bits per heavy atom. The number of hydrogen-bond acceptors (Lipinski definition) is 4. The van der Waals surface area contributed by atoms with Gasteiger partial charge in [-0.05, 0) is 5.56 Å². The fourth-order valence-electron chi connectivity index (χ4n) is 1.79. The fraction of sp³-hybridized carbons (Fsp3) is 0.167. The zero-order valence-electron chi connectivity index (χ0n) is 9.80. The minimum absolute atomic E-state index is 0.240. The summed E-state index contributed by atoms with van der Waals surface area (Å²) in [6.45, 7) is 0. The molecule has 2 aromatic rings. The Bertz CT molecular complexity index is 594. The van der Waals surface area contributed by atoms with Crippen molar-refractivity contribution in [2.45, 2.75) is 12.5 Å². The Balaban J connectivity index is 2.44. The van der Waals surface area contributed by atoms with Crippen molar-refractivity contribution in [3.8, 4) is 0 Å². The number of aromatic nitrogens is 3. The van der Waals surface area contributed by atoms with Crippen LogP contribution >= 0.6 is 0 Å². The molecule has 19 heavy (non-hydrogen) atoms. The summed E-state index contributed by atoms with van der Waals surface area (Å²) in [5.74, 6) is -2.19. The van der Waals surface area contributed by atoms with Crippen molar-refractivity contribution < 1.29 is 19.8 Å². The zero-order chi connectivity index (χ0) is 13.8. The van der Waals surface area contributed by atoms with Gasteiger partial charge in [0.1, 0.15) is 0 Å². The van der Waals surface area contributed by atoms with Gasteiger partial charge in [0.25, 0.3) is 0 Å². The van der Waals surface area contributed by atoms with E-state index in [-0.39, 0.29) is 12.1 Å². The van der Waals surface area contributed by atoms with Crippen LogP contribution in [0.25, 0.3) is 0 Å². The van der Waals surface area contributed by atoms with Crippen molar-refractivity contribution in [3.05, 3.63) is 47.8 Å². The molecule has 0 spiro atoms. The van der Waals surface area contributed by atoms with Gasteiger partial charge in [-0.2, -0.15) is 0 Å². The Morgan fingerprint density at radius 1 is 1.21 bits per heavy atom. The minimum atomic E-state index is -1.12. The second-order valence-electron chi connectivity index (χ2n) is 3.89. The summed E-state index contributed by atoms with van der Waals surface area (Å²) in [6, 6.07) is 7.38. The highest BCUT2D eigenvalue weighted by atomic mass is 16.4. The summed E-state index contributed by atoms with van der Waals surface area (Å²) in [7, 11) is 0. The molecule has 1 aromatic carbocycles. The first kappa shape index (κ1) is 12.7. The van der Waals surface area contributed by atoms with Crippen LogP contribution in [0.15, 0.2) is 36.5 Å². The number of hydrogen-bond donors (Lipinski definition) is 2. The molecule has 1 aromatic heterocycles. The van der Waals surface area contributed by atoms with Crippen LogP contribution < -0.4 is 0 Å². The molecule has 0 amide bonds. The van der Waals surface area contributed by atoms with Crippen molar-refractivity contribution in [2.75, 3.05) is 0 Å². The van der Waals surface area contributed by atoms with E-state index in [1.165, 1.54) is 6.20 Å². The van der Waals surface area contributed by atoms with Gasteiger partial charge in [0.2, 0.25) is 0 Å². The van der Waals surface area contributed by atoms with Crippen LogP contribution in [-0.2, 0) is 16.0 Å². The SMILES string of the molecule is O=C(O)Cc1cnnn1C(C(=O)O)c1ccccc1. The van der Waals surface area contributed by atoms with Gasteiger partial charge in [-0.25, -0.2) is 9.48 Å². The van der Waals surface area contributed by atoms with E-state index in [1.54, 1.807) is 30.3 Å². The summed E-state index contributed by atoms with van der Waals surface area (Å²) in [5.41, 5.74) is 0.746. The predicted molar refractivity (Wildman–Crippen MR) is 63.6 cm³/mol. The zero-order valence-corrected chi connectivity index (χ0v) is 9.80. The third-order valence-electron chi connectivity index (χ3n) is 2.58. The van der Waals surface area contributed by atoms with E-state index >= 15 is 0 Å². The van der Waals surface area contributed by atoms with Gasteiger partial charge in [0, 0.05) is 0 Å². The molecule has 7 nitrogen and oxygen atoms in total. The van der Waals surface area contributed by atoms with Crippen LogP contribution in [0.5, 0.6) is 0 Å². The molecule has 2 N–H and O–H groups in total. The summed E-state index contributed by atoms with van der Waals surface area (Å²) < 4.78 is 1.12. The molecule has 0 aliphatic carbocycles. The van der Waals surface area contributed by atoms with Gasteiger partial charge in [-0.3, -0.25) is 4.79 Å². The standard InChI is InChI=1S/C12H11N3O4/c16-10(17)6-9-7-13-14-15(9)11(12(18)19)8-4-2-1-3-5-8/h1-5,7,11H,6H2,(H,16,17)(H,18,19). The van der Waals surface area contributed by atoms with Crippen molar-refractivity contribution >= 4 is 11.9 Å². The lowest BCUT2D eigenvalue weighted by Crippen LogP contribution is -2.24. The normalized spacial score (nSPS) is 12.0.